The minimum absolute atomic E-state index is 0.156. The first kappa shape index (κ1) is 25.6. The van der Waals surface area contributed by atoms with E-state index in [-0.39, 0.29) is 17.3 Å². The molecule has 2 heterocycles. The van der Waals surface area contributed by atoms with Gasteiger partial charge >= 0.3 is 5.97 Å². The van der Waals surface area contributed by atoms with E-state index in [4.69, 9.17) is 4.74 Å². The van der Waals surface area contributed by atoms with E-state index in [9.17, 15) is 18.0 Å². The van der Waals surface area contributed by atoms with Crippen LogP contribution in [0.4, 0.5) is 5.69 Å². The number of amides is 1. The van der Waals surface area contributed by atoms with E-state index in [2.05, 4.69) is 5.10 Å². The van der Waals surface area contributed by atoms with Crippen LogP contribution in [0.15, 0.2) is 100 Å². The van der Waals surface area contributed by atoms with Crippen molar-refractivity contribution < 1.29 is 22.7 Å². The van der Waals surface area contributed by atoms with Crippen LogP contribution >= 0.6 is 0 Å². The highest BCUT2D eigenvalue weighted by atomic mass is 32.2. The molecule has 5 rings (SSSR count). The van der Waals surface area contributed by atoms with Gasteiger partial charge < -0.3 is 4.74 Å². The van der Waals surface area contributed by atoms with Crippen LogP contribution < -0.4 is 9.75 Å². The van der Waals surface area contributed by atoms with Gasteiger partial charge in [0.1, 0.15) is 11.8 Å². The fourth-order valence-corrected chi connectivity index (χ4v) is 6.24. The number of carbonyl (C=O) groups excluding carboxylic acids is 2. The second-order valence-electron chi connectivity index (χ2n) is 9.13. The van der Waals surface area contributed by atoms with Crippen molar-refractivity contribution in [1.29, 1.82) is 0 Å². The molecule has 1 atom stereocenters. The van der Waals surface area contributed by atoms with Crippen LogP contribution in [0.2, 0.25) is 0 Å². The maximum Gasteiger partial charge on any atom is 0.329 e. The molecular formula is C29H27N3O5S. The third kappa shape index (κ3) is 5.16. The monoisotopic (exact) mass is 529 g/mol. The van der Waals surface area contributed by atoms with Crippen LogP contribution in [0, 0.1) is 0 Å². The second kappa shape index (κ2) is 10.7. The quantitative estimate of drug-likeness (QED) is 0.263. The lowest BCUT2D eigenvalue weighted by atomic mass is 10.1. The molecule has 3 aromatic carbocycles. The van der Waals surface area contributed by atoms with Crippen molar-refractivity contribution in [2.75, 3.05) is 11.6 Å². The van der Waals surface area contributed by atoms with Crippen LogP contribution in [-0.4, -0.2) is 42.9 Å². The summed E-state index contributed by atoms with van der Waals surface area (Å²) in [6, 6.07) is 23.2. The van der Waals surface area contributed by atoms with Crippen LogP contribution in [0.25, 0.3) is 6.08 Å². The van der Waals surface area contributed by atoms with Crippen LogP contribution in [0.3, 0.4) is 0 Å². The lowest BCUT2D eigenvalue weighted by Gasteiger charge is -2.32. The first-order chi connectivity index (χ1) is 18.3. The number of anilines is 1. The van der Waals surface area contributed by atoms with Gasteiger partial charge in [0.15, 0.2) is 0 Å². The van der Waals surface area contributed by atoms with Crippen molar-refractivity contribution >= 4 is 39.4 Å². The number of piperidine rings is 1. The van der Waals surface area contributed by atoms with Gasteiger partial charge in [-0.3, -0.25) is 4.79 Å². The van der Waals surface area contributed by atoms with Crippen molar-refractivity contribution in [3.05, 3.63) is 96.1 Å². The van der Waals surface area contributed by atoms with Gasteiger partial charge in [0.25, 0.3) is 5.91 Å². The van der Waals surface area contributed by atoms with Gasteiger partial charge in [-0.2, -0.15) is 14.4 Å². The van der Waals surface area contributed by atoms with E-state index < -0.39 is 22.0 Å². The molecule has 38 heavy (non-hydrogen) atoms. The molecule has 1 unspecified atom stereocenters. The third-order valence-electron chi connectivity index (χ3n) is 6.55. The van der Waals surface area contributed by atoms with Crippen molar-refractivity contribution in [2.24, 2.45) is 5.10 Å². The molecule has 0 bridgehead atoms. The maximum absolute atomic E-state index is 13.2. The molecule has 1 fully saturated rings. The Morgan fingerprint density at radius 3 is 2.29 bits per heavy atom. The second-order valence-corrected chi connectivity index (χ2v) is 11.0. The zero-order valence-corrected chi connectivity index (χ0v) is 21.7. The van der Waals surface area contributed by atoms with Crippen LogP contribution in [0.1, 0.15) is 31.7 Å². The molecule has 0 spiro atoms. The van der Waals surface area contributed by atoms with Gasteiger partial charge in [-0.15, -0.1) is 0 Å². The molecular weight excluding hydrogens is 502 g/mol. The number of nitrogens with zero attached hydrogens (tertiary/aromatic N) is 3. The zero-order chi connectivity index (χ0) is 26.7. The van der Waals surface area contributed by atoms with Crippen molar-refractivity contribution in [3.8, 4) is 5.75 Å². The van der Waals surface area contributed by atoms with Gasteiger partial charge in [0, 0.05) is 6.54 Å². The third-order valence-corrected chi connectivity index (χ3v) is 8.47. The molecule has 0 aromatic heterocycles. The fourth-order valence-electron chi connectivity index (χ4n) is 4.57. The Hall–Kier alpha value is -4.08. The number of benzene rings is 3. The SMILES string of the molecule is CC1=NN(c2ccccc2)C(=O)C1=Cc1ccc(OC(=O)C2CCCCN2S(=O)(=O)c2ccccc2)cc1. The molecule has 0 radical (unpaired) electrons. The van der Waals surface area contributed by atoms with Crippen LogP contribution in [-0.2, 0) is 19.6 Å². The number of hydrazone groups is 1. The van der Waals surface area contributed by atoms with Gasteiger partial charge in [-0.05, 0) is 74.2 Å². The molecule has 2 aliphatic heterocycles. The molecule has 1 saturated heterocycles. The van der Waals surface area contributed by atoms with E-state index in [0.29, 0.717) is 35.6 Å². The summed E-state index contributed by atoms with van der Waals surface area (Å²) in [6.45, 7) is 2.04. The minimum Gasteiger partial charge on any atom is -0.425 e. The van der Waals surface area contributed by atoms with E-state index >= 15 is 0 Å². The highest BCUT2D eigenvalue weighted by Crippen LogP contribution is 2.28. The van der Waals surface area contributed by atoms with Gasteiger partial charge in [0.2, 0.25) is 10.0 Å². The number of hydrogen-bond acceptors (Lipinski definition) is 6. The topological polar surface area (TPSA) is 96.3 Å². The number of sulfonamides is 1. The van der Waals surface area contributed by atoms with Crippen molar-refractivity contribution in [3.63, 3.8) is 0 Å². The molecule has 2 aliphatic rings. The molecule has 9 heteroatoms. The molecule has 194 valence electrons. The van der Waals surface area contributed by atoms with Crippen molar-refractivity contribution in [1.82, 2.24) is 4.31 Å². The Balaban J connectivity index is 1.29. The first-order valence-electron chi connectivity index (χ1n) is 12.4. The Morgan fingerprint density at radius 2 is 1.61 bits per heavy atom. The number of rotatable bonds is 6. The summed E-state index contributed by atoms with van der Waals surface area (Å²) in [5.74, 6) is -0.530. The lowest BCUT2D eigenvalue weighted by molar-refractivity contribution is -0.139. The van der Waals surface area contributed by atoms with Crippen molar-refractivity contribution in [2.45, 2.75) is 37.1 Å². The highest BCUT2D eigenvalue weighted by molar-refractivity contribution is 7.89. The predicted octanol–water partition coefficient (Wildman–Crippen LogP) is 4.64. The average Bonchev–Trinajstić information content (AvgIpc) is 3.23. The summed E-state index contributed by atoms with van der Waals surface area (Å²) in [5.41, 5.74) is 2.51. The lowest BCUT2D eigenvalue weighted by Crippen LogP contribution is -2.49. The normalized spacial score (nSPS) is 19.4. The molecule has 8 nitrogen and oxygen atoms in total. The Bertz CT molecular complexity index is 1500. The summed E-state index contributed by atoms with van der Waals surface area (Å²) in [6.07, 6.45) is 3.56. The number of para-hydroxylation sites is 1. The average molecular weight is 530 g/mol. The van der Waals surface area contributed by atoms with Gasteiger partial charge in [-0.25, -0.2) is 13.2 Å². The number of ether oxygens (including phenoxy) is 1. The largest absolute Gasteiger partial charge is 0.425 e. The summed E-state index contributed by atoms with van der Waals surface area (Å²) < 4.78 is 33.2. The molecule has 1 amide bonds. The van der Waals surface area contributed by atoms with Crippen LogP contribution in [0.5, 0.6) is 5.75 Å². The summed E-state index contributed by atoms with van der Waals surface area (Å²) >= 11 is 0. The molecule has 0 N–H and O–H groups in total. The summed E-state index contributed by atoms with van der Waals surface area (Å²) in [5, 5.41) is 5.76. The smallest absolute Gasteiger partial charge is 0.329 e. The number of hydrogen-bond donors (Lipinski definition) is 0. The number of carbonyl (C=O) groups is 2. The van der Waals surface area contributed by atoms with E-state index in [1.165, 1.54) is 21.4 Å². The molecule has 0 aliphatic carbocycles. The molecule has 3 aromatic rings. The Labute approximate surface area is 221 Å². The van der Waals surface area contributed by atoms with Gasteiger partial charge in [-0.1, -0.05) is 48.5 Å². The Morgan fingerprint density at radius 1 is 0.947 bits per heavy atom. The first-order valence-corrected chi connectivity index (χ1v) is 13.8. The maximum atomic E-state index is 13.2. The molecule has 0 saturated carbocycles. The highest BCUT2D eigenvalue weighted by Gasteiger charge is 2.38. The Kier molecular flexibility index (Phi) is 7.22. The minimum atomic E-state index is -3.83. The number of esters is 1. The van der Waals surface area contributed by atoms with E-state index in [0.717, 1.165) is 12.0 Å². The van der Waals surface area contributed by atoms with E-state index in [1.54, 1.807) is 55.5 Å². The van der Waals surface area contributed by atoms with E-state index in [1.807, 2.05) is 30.3 Å². The predicted molar refractivity (Wildman–Crippen MR) is 145 cm³/mol. The van der Waals surface area contributed by atoms with Gasteiger partial charge in [0.05, 0.1) is 21.9 Å². The zero-order valence-electron chi connectivity index (χ0n) is 20.9. The summed E-state index contributed by atoms with van der Waals surface area (Å²) in [4.78, 5) is 26.2. The standard InChI is InChI=1S/C29H27N3O5S/c1-21-26(28(33)32(30-21)23-10-4-2-5-11-23)20-22-15-17-24(18-16-22)37-29(34)27-14-8-9-19-31(27)38(35,36)25-12-6-3-7-13-25/h2-7,10-13,15-18,20,27H,8-9,14,19H2,1H3. The fraction of sp³-hybridized carbons (Fsp3) is 0.207. The summed E-state index contributed by atoms with van der Waals surface area (Å²) in [7, 11) is -3.83.